The second-order valence-corrected chi connectivity index (χ2v) is 4.22. The summed E-state index contributed by atoms with van der Waals surface area (Å²) in [5, 5.41) is 7.89. The van der Waals surface area contributed by atoms with Crippen LogP contribution in [-0.2, 0) is 9.53 Å². The number of epoxide rings is 1. The van der Waals surface area contributed by atoms with Crippen molar-refractivity contribution in [2.75, 3.05) is 0 Å². The van der Waals surface area contributed by atoms with Gasteiger partial charge in [0.05, 0.1) is 12.2 Å². The van der Waals surface area contributed by atoms with Crippen LogP contribution in [0.1, 0.15) is 33.1 Å². The summed E-state index contributed by atoms with van der Waals surface area (Å²) in [7, 11) is 0. The zero-order valence-corrected chi connectivity index (χ0v) is 8.82. The van der Waals surface area contributed by atoms with Gasteiger partial charge in [-0.2, -0.15) is 0 Å². The minimum atomic E-state index is -0.935. The molecule has 1 saturated heterocycles. The van der Waals surface area contributed by atoms with Crippen LogP contribution in [0, 0.1) is 5.92 Å². The van der Waals surface area contributed by atoms with Crippen molar-refractivity contribution in [2.45, 2.75) is 45.3 Å². The highest BCUT2D eigenvalue weighted by molar-refractivity contribution is 5.84. The molecule has 2 fully saturated rings. The summed E-state index contributed by atoms with van der Waals surface area (Å²) in [5.74, 6) is -0.00579. The van der Waals surface area contributed by atoms with Crippen molar-refractivity contribution < 1.29 is 14.6 Å². The Hall–Kier alpha value is -0.830. The predicted molar refractivity (Wildman–Crippen MR) is 54.1 cm³/mol. The molecule has 0 amide bonds. The molecule has 3 unspecified atom stereocenters. The molecule has 0 aromatic carbocycles. The number of hydrogen-bond donors (Lipinski definition) is 1. The number of hydrogen-bond acceptors (Lipinski definition) is 2. The molecule has 80 valence electrons. The van der Waals surface area contributed by atoms with Gasteiger partial charge in [-0.15, -0.1) is 0 Å². The second-order valence-electron chi connectivity index (χ2n) is 4.22. The first kappa shape index (κ1) is 11.2. The van der Waals surface area contributed by atoms with Gasteiger partial charge in [0.25, 0.3) is 0 Å². The van der Waals surface area contributed by atoms with E-state index in [9.17, 15) is 4.79 Å². The minimum absolute atomic E-state index is 0.176. The SMILES string of the molecule is C=C(C)C(=O)O.CC1CCC2OC2C1. The van der Waals surface area contributed by atoms with Gasteiger partial charge in [-0.25, -0.2) is 4.79 Å². The van der Waals surface area contributed by atoms with E-state index >= 15 is 0 Å². The fraction of sp³-hybridized carbons (Fsp3) is 0.727. The number of fused-ring (bicyclic) bond motifs is 1. The first-order valence-electron chi connectivity index (χ1n) is 5.05. The largest absolute Gasteiger partial charge is 0.478 e. The van der Waals surface area contributed by atoms with Gasteiger partial charge in [-0.3, -0.25) is 0 Å². The van der Waals surface area contributed by atoms with E-state index in [2.05, 4.69) is 13.5 Å². The molecular formula is C11H18O3. The first-order chi connectivity index (χ1) is 6.50. The number of carboxylic acid groups (broad SMARTS) is 1. The third kappa shape index (κ3) is 3.50. The molecule has 1 heterocycles. The van der Waals surface area contributed by atoms with E-state index in [-0.39, 0.29) is 5.57 Å². The van der Waals surface area contributed by atoms with Gasteiger partial charge in [0, 0.05) is 5.57 Å². The average Bonchev–Trinajstić information content (AvgIpc) is 2.83. The summed E-state index contributed by atoms with van der Waals surface area (Å²) in [6.45, 7) is 6.92. The van der Waals surface area contributed by atoms with E-state index in [1.165, 1.54) is 26.2 Å². The molecule has 3 nitrogen and oxygen atoms in total. The fourth-order valence-electron chi connectivity index (χ4n) is 1.60. The van der Waals surface area contributed by atoms with Crippen molar-refractivity contribution in [3.05, 3.63) is 12.2 Å². The van der Waals surface area contributed by atoms with Gasteiger partial charge in [0.1, 0.15) is 0 Å². The number of carbonyl (C=O) groups is 1. The quantitative estimate of drug-likeness (QED) is 0.519. The lowest BCUT2D eigenvalue weighted by Crippen LogP contribution is -2.09. The minimum Gasteiger partial charge on any atom is -0.478 e. The lowest BCUT2D eigenvalue weighted by Gasteiger charge is -2.11. The Kier molecular flexibility index (Phi) is 3.69. The summed E-state index contributed by atoms with van der Waals surface area (Å²) in [5.41, 5.74) is 0.176. The van der Waals surface area contributed by atoms with Gasteiger partial charge in [-0.05, 0) is 32.1 Å². The van der Waals surface area contributed by atoms with Crippen molar-refractivity contribution in [1.82, 2.24) is 0 Å². The molecule has 0 bridgehead atoms. The molecule has 14 heavy (non-hydrogen) atoms. The molecule has 1 aliphatic carbocycles. The van der Waals surface area contributed by atoms with Crippen LogP contribution in [0.25, 0.3) is 0 Å². The highest BCUT2D eigenvalue weighted by atomic mass is 16.6. The van der Waals surface area contributed by atoms with E-state index in [1.54, 1.807) is 0 Å². The molecule has 3 atom stereocenters. The molecule has 2 rings (SSSR count). The van der Waals surface area contributed by atoms with Gasteiger partial charge in [0.2, 0.25) is 0 Å². The molecule has 1 aliphatic heterocycles. The van der Waals surface area contributed by atoms with Gasteiger partial charge in [0.15, 0.2) is 0 Å². The van der Waals surface area contributed by atoms with E-state index in [4.69, 9.17) is 9.84 Å². The Labute approximate surface area is 84.8 Å². The van der Waals surface area contributed by atoms with Crippen LogP contribution < -0.4 is 0 Å². The maximum Gasteiger partial charge on any atom is 0.330 e. The number of carboxylic acids is 1. The monoisotopic (exact) mass is 198 g/mol. The highest BCUT2D eigenvalue weighted by Crippen LogP contribution is 2.38. The topological polar surface area (TPSA) is 49.8 Å². The molecular weight excluding hydrogens is 180 g/mol. The van der Waals surface area contributed by atoms with Crippen LogP contribution in [0.2, 0.25) is 0 Å². The third-order valence-electron chi connectivity index (χ3n) is 2.63. The van der Waals surface area contributed by atoms with Gasteiger partial charge in [-0.1, -0.05) is 13.5 Å². The first-order valence-corrected chi connectivity index (χ1v) is 5.05. The van der Waals surface area contributed by atoms with Crippen molar-refractivity contribution in [2.24, 2.45) is 5.92 Å². The summed E-state index contributed by atoms with van der Waals surface area (Å²) in [6, 6.07) is 0. The lowest BCUT2D eigenvalue weighted by molar-refractivity contribution is -0.132. The van der Waals surface area contributed by atoms with E-state index < -0.39 is 5.97 Å². The van der Waals surface area contributed by atoms with Crippen LogP contribution in [0.5, 0.6) is 0 Å². The standard InChI is InChI=1S/C7H12O.C4H6O2/c1-5-2-3-6-7(4-5)8-6;1-3(2)4(5)6/h5-7H,2-4H2,1H3;1H2,2H3,(H,5,6). The Morgan fingerprint density at radius 2 is 2.00 bits per heavy atom. The van der Waals surface area contributed by atoms with Crippen LogP contribution in [0.4, 0.5) is 0 Å². The second kappa shape index (κ2) is 4.60. The summed E-state index contributed by atoms with van der Waals surface area (Å²) < 4.78 is 5.35. The Morgan fingerprint density at radius 1 is 1.43 bits per heavy atom. The Morgan fingerprint density at radius 3 is 2.36 bits per heavy atom. The molecule has 2 aliphatic rings. The maximum absolute atomic E-state index is 9.60. The van der Waals surface area contributed by atoms with E-state index in [0.29, 0.717) is 12.2 Å². The average molecular weight is 198 g/mol. The fourth-order valence-corrected chi connectivity index (χ4v) is 1.60. The molecule has 0 spiro atoms. The number of ether oxygens (including phenoxy) is 1. The van der Waals surface area contributed by atoms with Crippen LogP contribution >= 0.6 is 0 Å². The predicted octanol–water partition coefficient (Wildman–Crippen LogP) is 2.22. The van der Waals surface area contributed by atoms with Crippen molar-refractivity contribution in [1.29, 1.82) is 0 Å². The van der Waals surface area contributed by atoms with Crippen molar-refractivity contribution >= 4 is 5.97 Å². The number of rotatable bonds is 1. The van der Waals surface area contributed by atoms with E-state index in [0.717, 1.165) is 5.92 Å². The van der Waals surface area contributed by atoms with Gasteiger partial charge >= 0.3 is 5.97 Å². The van der Waals surface area contributed by atoms with Gasteiger partial charge < -0.3 is 9.84 Å². The number of aliphatic carboxylic acids is 1. The van der Waals surface area contributed by atoms with E-state index in [1.807, 2.05) is 0 Å². The zero-order valence-electron chi connectivity index (χ0n) is 8.82. The summed E-state index contributed by atoms with van der Waals surface area (Å²) in [6.07, 6.45) is 5.41. The molecule has 0 aromatic rings. The summed E-state index contributed by atoms with van der Waals surface area (Å²) in [4.78, 5) is 9.60. The normalized spacial score (nSPS) is 33.4. The smallest absolute Gasteiger partial charge is 0.330 e. The molecule has 1 saturated carbocycles. The van der Waals surface area contributed by atoms with Crippen LogP contribution in [0.15, 0.2) is 12.2 Å². The molecule has 0 aromatic heterocycles. The highest BCUT2D eigenvalue weighted by Gasteiger charge is 2.42. The van der Waals surface area contributed by atoms with Crippen LogP contribution in [-0.4, -0.2) is 23.3 Å². The van der Waals surface area contributed by atoms with Crippen molar-refractivity contribution in [3.63, 3.8) is 0 Å². The molecule has 0 radical (unpaired) electrons. The van der Waals surface area contributed by atoms with Crippen molar-refractivity contribution in [3.8, 4) is 0 Å². The Bertz CT molecular complexity index is 223. The van der Waals surface area contributed by atoms with Crippen LogP contribution in [0.3, 0.4) is 0 Å². The molecule has 1 N–H and O–H groups in total. The lowest BCUT2D eigenvalue weighted by atomic mass is 9.91. The maximum atomic E-state index is 9.60. The summed E-state index contributed by atoms with van der Waals surface area (Å²) >= 11 is 0. The third-order valence-corrected chi connectivity index (χ3v) is 2.63. The molecule has 3 heteroatoms. The Balaban J connectivity index is 0.000000149. The zero-order chi connectivity index (χ0) is 10.7.